The second kappa shape index (κ2) is 16.9. The largest absolute Gasteiger partial charge is 0.478 e. The summed E-state index contributed by atoms with van der Waals surface area (Å²) in [7, 11) is 0. The number of benzene rings is 2. The fourth-order valence-corrected chi connectivity index (χ4v) is 5.52. The molecule has 0 aliphatic heterocycles. The van der Waals surface area contributed by atoms with Crippen LogP contribution in [0, 0.1) is 20.8 Å². The van der Waals surface area contributed by atoms with Crippen LogP contribution in [0.4, 0.5) is 0 Å². The zero-order valence-corrected chi connectivity index (χ0v) is 26.5. The van der Waals surface area contributed by atoms with Crippen molar-refractivity contribution in [3.05, 3.63) is 66.8 Å². The van der Waals surface area contributed by atoms with Gasteiger partial charge in [0.25, 0.3) is 0 Å². The van der Waals surface area contributed by atoms with Crippen LogP contribution in [0.3, 0.4) is 0 Å². The lowest BCUT2D eigenvalue weighted by Gasteiger charge is -2.22. The molecule has 0 aliphatic carbocycles. The van der Waals surface area contributed by atoms with Gasteiger partial charge in [0, 0.05) is 0 Å². The number of aromatic carboxylic acids is 6. The monoisotopic (exact) mass is 630 g/mol. The first-order valence-corrected chi connectivity index (χ1v) is 14.7. The first-order valence-electron chi connectivity index (χ1n) is 14.7. The number of rotatable bonds is 15. The van der Waals surface area contributed by atoms with E-state index in [-0.39, 0.29) is 56.5 Å². The molecule has 246 valence electrons. The maximum Gasteiger partial charge on any atom is 0.336 e. The molecule has 0 atom stereocenters. The molecule has 0 radical (unpaired) electrons. The van der Waals surface area contributed by atoms with Gasteiger partial charge >= 0.3 is 35.8 Å². The van der Waals surface area contributed by atoms with Gasteiger partial charge in [-0.1, -0.05) is 40.0 Å². The maximum absolute atomic E-state index is 12.1. The summed E-state index contributed by atoms with van der Waals surface area (Å²) in [6.45, 7) is 10.0. The van der Waals surface area contributed by atoms with Crippen LogP contribution in [-0.2, 0) is 19.3 Å². The summed E-state index contributed by atoms with van der Waals surface area (Å²) in [5.74, 6) is -7.95. The molecular formula is C33H42O12. The van der Waals surface area contributed by atoms with E-state index in [1.54, 1.807) is 0 Å². The Bertz CT molecular complexity index is 1500. The normalized spacial score (nSPS) is 10.5. The van der Waals surface area contributed by atoms with Crippen LogP contribution >= 0.6 is 0 Å². The van der Waals surface area contributed by atoms with E-state index in [2.05, 4.69) is 0 Å². The summed E-state index contributed by atoms with van der Waals surface area (Å²) in [6, 6.07) is 0. The van der Waals surface area contributed by atoms with Crippen molar-refractivity contribution in [2.24, 2.45) is 0 Å². The van der Waals surface area contributed by atoms with Crippen molar-refractivity contribution in [2.45, 2.75) is 99.3 Å². The van der Waals surface area contributed by atoms with Crippen molar-refractivity contribution >= 4 is 35.8 Å². The number of carboxylic acid groups (broad SMARTS) is 6. The molecule has 6 N–H and O–H groups in total. The van der Waals surface area contributed by atoms with Gasteiger partial charge in [-0.25, -0.2) is 28.8 Å². The standard InChI is InChI=1S/C21H30O6.C12H12O6/c1-4-7-10-13-14(11-8-5-2)17(20(24)25)18(21(26)27)15(12-9-6-3)16(13)19(22)23;1-4-5(2)8(11(15)16)9(12(17)18)6(3)7(4)10(13)14/h4-12H2,1-3H3,(H,22,23)(H,24,25)(H,26,27);1-3H3,(H,13,14)(H,15,16)(H,17,18). The second-order valence-corrected chi connectivity index (χ2v) is 10.7. The third kappa shape index (κ3) is 8.68. The Morgan fingerprint density at radius 1 is 0.378 bits per heavy atom. The van der Waals surface area contributed by atoms with Crippen LogP contribution in [0.25, 0.3) is 0 Å². The molecule has 12 nitrogen and oxygen atoms in total. The highest BCUT2D eigenvalue weighted by Crippen LogP contribution is 2.33. The zero-order chi connectivity index (χ0) is 34.8. The van der Waals surface area contributed by atoms with E-state index in [9.17, 15) is 44.1 Å². The molecular weight excluding hydrogens is 588 g/mol. The molecule has 0 aliphatic rings. The van der Waals surface area contributed by atoms with E-state index in [0.29, 0.717) is 36.8 Å². The first kappa shape index (κ1) is 38.3. The van der Waals surface area contributed by atoms with Gasteiger partial charge < -0.3 is 30.6 Å². The first-order chi connectivity index (χ1) is 21.0. The van der Waals surface area contributed by atoms with Crippen molar-refractivity contribution in [3.8, 4) is 0 Å². The van der Waals surface area contributed by atoms with Gasteiger partial charge in [0.05, 0.1) is 33.4 Å². The number of carboxylic acids is 6. The van der Waals surface area contributed by atoms with E-state index < -0.39 is 41.4 Å². The molecule has 0 saturated carbocycles. The molecule has 2 aromatic carbocycles. The lowest BCUT2D eigenvalue weighted by molar-refractivity contribution is 0.0645. The van der Waals surface area contributed by atoms with Crippen LogP contribution in [0.15, 0.2) is 0 Å². The fraction of sp³-hybridized carbons (Fsp3) is 0.455. The molecule has 12 heteroatoms. The van der Waals surface area contributed by atoms with Gasteiger partial charge in [0.1, 0.15) is 0 Å². The highest BCUT2D eigenvalue weighted by atomic mass is 16.4. The number of hydrogen-bond acceptors (Lipinski definition) is 6. The smallest absolute Gasteiger partial charge is 0.336 e. The maximum atomic E-state index is 12.1. The minimum atomic E-state index is -1.45. The van der Waals surface area contributed by atoms with Crippen LogP contribution in [0.2, 0.25) is 0 Å². The summed E-state index contributed by atoms with van der Waals surface area (Å²) in [5.41, 5.74) is -0.135. The summed E-state index contributed by atoms with van der Waals surface area (Å²) in [4.78, 5) is 69.5. The van der Waals surface area contributed by atoms with E-state index in [1.165, 1.54) is 20.8 Å². The van der Waals surface area contributed by atoms with Gasteiger partial charge in [-0.3, -0.25) is 0 Å². The van der Waals surface area contributed by atoms with Crippen LogP contribution in [0.1, 0.15) is 155 Å². The van der Waals surface area contributed by atoms with Crippen molar-refractivity contribution in [3.63, 3.8) is 0 Å². The lowest BCUT2D eigenvalue weighted by Crippen LogP contribution is -2.22. The van der Waals surface area contributed by atoms with Crippen molar-refractivity contribution in [1.29, 1.82) is 0 Å². The topological polar surface area (TPSA) is 224 Å². The van der Waals surface area contributed by atoms with Gasteiger partial charge in [0.2, 0.25) is 0 Å². The van der Waals surface area contributed by atoms with Crippen LogP contribution in [0.5, 0.6) is 0 Å². The molecule has 45 heavy (non-hydrogen) atoms. The van der Waals surface area contributed by atoms with Gasteiger partial charge in [-0.15, -0.1) is 0 Å². The summed E-state index contributed by atoms with van der Waals surface area (Å²) >= 11 is 0. The Hall–Kier alpha value is -4.74. The third-order valence-electron chi connectivity index (χ3n) is 7.76. The number of hydrogen-bond donors (Lipinski definition) is 6. The minimum absolute atomic E-state index is 0.00500. The Morgan fingerprint density at radius 2 is 0.644 bits per heavy atom. The van der Waals surface area contributed by atoms with Crippen LogP contribution < -0.4 is 0 Å². The Kier molecular flexibility index (Phi) is 14.4. The molecule has 0 unspecified atom stereocenters. The number of carbonyl (C=O) groups is 6. The zero-order valence-electron chi connectivity index (χ0n) is 26.5. The molecule has 0 spiro atoms. The summed E-state index contributed by atoms with van der Waals surface area (Å²) in [6.07, 6.45) is 5.43. The lowest BCUT2D eigenvalue weighted by atomic mass is 9.81. The van der Waals surface area contributed by atoms with Crippen molar-refractivity contribution in [2.75, 3.05) is 0 Å². The van der Waals surface area contributed by atoms with E-state index in [4.69, 9.17) is 15.3 Å². The molecule has 2 aromatic rings. The molecule has 0 fully saturated rings. The van der Waals surface area contributed by atoms with Gasteiger partial charge in [-0.2, -0.15) is 0 Å². The van der Waals surface area contributed by atoms with E-state index in [1.807, 2.05) is 20.8 Å². The highest BCUT2D eigenvalue weighted by molar-refractivity contribution is 6.08. The average Bonchev–Trinajstić information content (AvgIpc) is 2.94. The van der Waals surface area contributed by atoms with Crippen LogP contribution in [-0.4, -0.2) is 66.5 Å². The molecule has 0 bridgehead atoms. The SMILES string of the molecule is CCCCc1c(CCCC)c(C(=O)O)c(C(=O)O)c(CCCC)c1C(=O)O.Cc1c(C)c(C(=O)O)c(C(=O)O)c(C)c1C(=O)O. The van der Waals surface area contributed by atoms with Gasteiger partial charge in [0.15, 0.2) is 0 Å². The Balaban J connectivity index is 0.000000487. The third-order valence-corrected chi connectivity index (χ3v) is 7.76. The van der Waals surface area contributed by atoms with Gasteiger partial charge in [-0.05, 0) is 92.7 Å². The van der Waals surface area contributed by atoms with Crippen molar-refractivity contribution in [1.82, 2.24) is 0 Å². The van der Waals surface area contributed by atoms with Crippen molar-refractivity contribution < 1.29 is 59.4 Å². The second-order valence-electron chi connectivity index (χ2n) is 10.7. The highest BCUT2D eigenvalue weighted by Gasteiger charge is 2.32. The Morgan fingerprint density at radius 3 is 0.978 bits per heavy atom. The summed E-state index contributed by atoms with van der Waals surface area (Å²) < 4.78 is 0. The predicted molar refractivity (Wildman–Crippen MR) is 165 cm³/mol. The minimum Gasteiger partial charge on any atom is -0.478 e. The molecule has 0 amide bonds. The predicted octanol–water partition coefficient (Wildman–Crippen LogP) is 6.52. The average molecular weight is 631 g/mol. The molecule has 0 saturated heterocycles. The molecule has 0 aromatic heterocycles. The van der Waals surface area contributed by atoms with E-state index in [0.717, 1.165) is 25.7 Å². The molecule has 2 rings (SSSR count). The number of unbranched alkanes of at least 4 members (excludes halogenated alkanes) is 3. The summed E-state index contributed by atoms with van der Waals surface area (Å²) in [5, 5.41) is 56.7. The fourth-order valence-electron chi connectivity index (χ4n) is 5.52. The molecule has 0 heterocycles. The van der Waals surface area contributed by atoms with E-state index >= 15 is 0 Å². The Labute approximate surface area is 261 Å². The quantitative estimate of drug-likeness (QED) is 0.124.